The molecule has 96 valence electrons. The van der Waals surface area contributed by atoms with Crippen molar-refractivity contribution in [2.45, 2.75) is 23.8 Å². The van der Waals surface area contributed by atoms with Crippen molar-refractivity contribution in [1.29, 1.82) is 0 Å². The Labute approximate surface area is 110 Å². The largest absolute Gasteiger partial charge is 0.480 e. The first-order valence-electron chi connectivity index (χ1n) is 6.17. The van der Waals surface area contributed by atoms with Crippen LogP contribution in [0.5, 0.6) is 0 Å². The molecule has 2 heterocycles. The molecular formula is C13H16N2O2S. The fourth-order valence-corrected chi connectivity index (χ4v) is 3.93. The Hall–Kier alpha value is -1.20. The van der Waals surface area contributed by atoms with E-state index < -0.39 is 5.97 Å². The van der Waals surface area contributed by atoms with Crippen LogP contribution in [0.15, 0.2) is 24.3 Å². The van der Waals surface area contributed by atoms with Crippen molar-refractivity contribution in [1.82, 2.24) is 5.32 Å². The third-order valence-electron chi connectivity index (χ3n) is 3.59. The minimum absolute atomic E-state index is 0.254. The Morgan fingerprint density at radius 3 is 3.06 bits per heavy atom. The molecule has 0 aromatic heterocycles. The van der Waals surface area contributed by atoms with Crippen molar-refractivity contribution < 1.29 is 9.90 Å². The van der Waals surface area contributed by atoms with Crippen LogP contribution in [0.2, 0.25) is 0 Å². The molecule has 1 aromatic rings. The van der Waals surface area contributed by atoms with Crippen molar-refractivity contribution in [3.8, 4) is 0 Å². The van der Waals surface area contributed by atoms with Gasteiger partial charge in [0.2, 0.25) is 0 Å². The van der Waals surface area contributed by atoms with Crippen LogP contribution in [-0.4, -0.2) is 34.8 Å². The maximum absolute atomic E-state index is 10.9. The number of carboxylic acid groups (broad SMARTS) is 1. The molecule has 2 aliphatic heterocycles. The van der Waals surface area contributed by atoms with Crippen molar-refractivity contribution in [3.05, 3.63) is 29.8 Å². The Morgan fingerprint density at radius 2 is 2.28 bits per heavy atom. The third-order valence-corrected chi connectivity index (χ3v) is 4.84. The maximum Gasteiger partial charge on any atom is 0.321 e. The molecule has 1 aromatic carbocycles. The van der Waals surface area contributed by atoms with Crippen LogP contribution in [0.1, 0.15) is 17.9 Å². The number of thioether (sulfide) groups is 1. The number of para-hydroxylation sites is 1. The lowest BCUT2D eigenvalue weighted by atomic mass is 9.98. The summed E-state index contributed by atoms with van der Waals surface area (Å²) in [6.45, 7) is 0.954. The highest BCUT2D eigenvalue weighted by molar-refractivity contribution is 8.00. The molecule has 0 saturated carbocycles. The Balaban J connectivity index is 1.64. The van der Waals surface area contributed by atoms with E-state index >= 15 is 0 Å². The van der Waals surface area contributed by atoms with Crippen molar-refractivity contribution >= 4 is 23.4 Å². The van der Waals surface area contributed by atoms with Gasteiger partial charge in [-0.15, -0.1) is 11.8 Å². The van der Waals surface area contributed by atoms with Crippen molar-refractivity contribution in [2.75, 3.05) is 17.6 Å². The topological polar surface area (TPSA) is 61.4 Å². The van der Waals surface area contributed by atoms with Gasteiger partial charge in [-0.1, -0.05) is 18.2 Å². The lowest BCUT2D eigenvalue weighted by molar-refractivity contribution is -0.138. The molecule has 5 heteroatoms. The third kappa shape index (κ3) is 2.20. The first-order valence-corrected chi connectivity index (χ1v) is 7.22. The van der Waals surface area contributed by atoms with Gasteiger partial charge in [-0.05, 0) is 18.1 Å². The van der Waals surface area contributed by atoms with Crippen LogP contribution in [0.3, 0.4) is 0 Å². The molecule has 3 atom stereocenters. The van der Waals surface area contributed by atoms with Gasteiger partial charge < -0.3 is 10.4 Å². The van der Waals surface area contributed by atoms with Crippen molar-refractivity contribution in [3.63, 3.8) is 0 Å². The van der Waals surface area contributed by atoms with E-state index in [1.165, 1.54) is 11.3 Å². The predicted molar refractivity (Wildman–Crippen MR) is 73.1 cm³/mol. The Kier molecular flexibility index (Phi) is 3.18. The summed E-state index contributed by atoms with van der Waals surface area (Å²) in [5.41, 5.74) is 2.58. The molecule has 0 amide bonds. The van der Waals surface area contributed by atoms with Crippen molar-refractivity contribution in [2.24, 2.45) is 0 Å². The number of benzene rings is 1. The minimum atomic E-state index is -0.741. The van der Waals surface area contributed by atoms with Gasteiger partial charge >= 0.3 is 5.97 Å². The molecule has 3 N–H and O–H groups in total. The zero-order valence-corrected chi connectivity index (χ0v) is 10.7. The van der Waals surface area contributed by atoms with E-state index in [4.69, 9.17) is 5.11 Å². The first kappa shape index (κ1) is 11.9. The van der Waals surface area contributed by atoms with E-state index in [9.17, 15) is 4.79 Å². The Morgan fingerprint density at radius 1 is 1.44 bits per heavy atom. The number of hydrogen-bond donors (Lipinski definition) is 3. The SMILES string of the molecule is O=C(O)[C@@H]1CSC(CC2CNc3ccccc32)N1. The van der Waals surface area contributed by atoms with Crippen LogP contribution in [0, 0.1) is 0 Å². The van der Waals surface area contributed by atoms with E-state index in [0.29, 0.717) is 11.7 Å². The molecule has 1 fully saturated rings. The molecule has 2 unspecified atom stereocenters. The fraction of sp³-hybridized carbons (Fsp3) is 0.462. The summed E-state index contributed by atoms with van der Waals surface area (Å²) in [7, 11) is 0. The van der Waals surface area contributed by atoms with E-state index in [1.807, 2.05) is 6.07 Å². The summed E-state index contributed by atoms with van der Waals surface area (Å²) in [6, 6.07) is 7.98. The van der Waals surface area contributed by atoms with Crippen LogP contribution in [0.4, 0.5) is 5.69 Å². The van der Waals surface area contributed by atoms with Gasteiger partial charge in [0.05, 0.1) is 5.37 Å². The summed E-state index contributed by atoms with van der Waals surface area (Å²) < 4.78 is 0. The summed E-state index contributed by atoms with van der Waals surface area (Å²) >= 11 is 1.72. The number of carboxylic acids is 1. The molecular weight excluding hydrogens is 248 g/mol. The molecule has 1 saturated heterocycles. The maximum atomic E-state index is 10.9. The molecule has 0 aliphatic carbocycles. The summed E-state index contributed by atoms with van der Waals surface area (Å²) in [6.07, 6.45) is 0.985. The molecule has 0 radical (unpaired) electrons. The van der Waals surface area contributed by atoms with Crippen LogP contribution < -0.4 is 10.6 Å². The average Bonchev–Trinajstić information content (AvgIpc) is 2.98. The molecule has 3 rings (SSSR count). The van der Waals surface area contributed by atoms with Crippen LogP contribution in [0.25, 0.3) is 0 Å². The second kappa shape index (κ2) is 4.82. The van der Waals surface area contributed by atoms with Gasteiger partial charge in [-0.3, -0.25) is 10.1 Å². The fourth-order valence-electron chi connectivity index (χ4n) is 2.64. The van der Waals surface area contributed by atoms with Crippen LogP contribution in [-0.2, 0) is 4.79 Å². The van der Waals surface area contributed by atoms with Gasteiger partial charge in [0.15, 0.2) is 0 Å². The van der Waals surface area contributed by atoms with E-state index in [2.05, 4.69) is 28.8 Å². The lowest BCUT2D eigenvalue weighted by Crippen LogP contribution is -2.37. The van der Waals surface area contributed by atoms with Crippen LogP contribution >= 0.6 is 11.8 Å². The highest BCUT2D eigenvalue weighted by Crippen LogP contribution is 2.36. The van der Waals surface area contributed by atoms with E-state index in [-0.39, 0.29) is 11.4 Å². The number of nitrogens with one attached hydrogen (secondary N) is 2. The second-order valence-electron chi connectivity index (χ2n) is 4.78. The van der Waals surface area contributed by atoms with Gasteiger partial charge in [0.1, 0.15) is 6.04 Å². The zero-order valence-electron chi connectivity index (χ0n) is 9.93. The van der Waals surface area contributed by atoms with Gasteiger partial charge in [0.25, 0.3) is 0 Å². The zero-order chi connectivity index (χ0) is 12.5. The Bertz CT molecular complexity index is 466. The number of anilines is 1. The minimum Gasteiger partial charge on any atom is -0.480 e. The number of rotatable bonds is 3. The normalized spacial score (nSPS) is 29.9. The highest BCUT2D eigenvalue weighted by atomic mass is 32.2. The standard InChI is InChI=1S/C13H16N2O2S/c16-13(17)11-7-18-12(15-11)5-8-6-14-10-4-2-1-3-9(8)10/h1-4,8,11-12,14-15H,5-7H2,(H,16,17)/t8?,11-,12?/m0/s1. The van der Waals surface area contributed by atoms with E-state index in [0.717, 1.165) is 13.0 Å². The quantitative estimate of drug-likeness (QED) is 0.775. The number of carbonyl (C=O) groups is 1. The van der Waals surface area contributed by atoms with Gasteiger partial charge in [-0.2, -0.15) is 0 Å². The molecule has 0 spiro atoms. The summed E-state index contributed by atoms with van der Waals surface area (Å²) in [5.74, 6) is 0.413. The number of fused-ring (bicyclic) bond motifs is 1. The first-order chi connectivity index (χ1) is 8.74. The smallest absolute Gasteiger partial charge is 0.321 e. The highest BCUT2D eigenvalue weighted by Gasteiger charge is 2.32. The second-order valence-corrected chi connectivity index (χ2v) is 6.02. The van der Waals surface area contributed by atoms with Gasteiger partial charge in [-0.25, -0.2) is 0 Å². The van der Waals surface area contributed by atoms with E-state index in [1.54, 1.807) is 11.8 Å². The number of aliphatic carboxylic acids is 1. The summed E-state index contributed by atoms with van der Waals surface area (Å²) in [5, 5.41) is 15.8. The monoisotopic (exact) mass is 264 g/mol. The van der Waals surface area contributed by atoms with Gasteiger partial charge in [0, 0.05) is 23.9 Å². The lowest BCUT2D eigenvalue weighted by Gasteiger charge is -2.16. The predicted octanol–water partition coefficient (Wildman–Crippen LogP) is 1.70. The molecule has 18 heavy (non-hydrogen) atoms. The number of hydrogen-bond acceptors (Lipinski definition) is 4. The average molecular weight is 264 g/mol. The molecule has 4 nitrogen and oxygen atoms in total. The molecule has 0 bridgehead atoms. The summed E-state index contributed by atoms with van der Waals surface area (Å²) in [4.78, 5) is 10.9. The molecule has 2 aliphatic rings.